The maximum Gasteiger partial charge on any atom is 0.338 e. The highest BCUT2D eigenvalue weighted by Crippen LogP contribution is 2.29. The lowest BCUT2D eigenvalue weighted by Crippen LogP contribution is -2.38. The van der Waals surface area contributed by atoms with Crippen LogP contribution in [-0.2, 0) is 4.74 Å². The van der Waals surface area contributed by atoms with Crippen molar-refractivity contribution >= 4 is 28.6 Å². The molecule has 3 rings (SSSR count). The number of aliphatic imine (C=N–C) groups is 1. The Morgan fingerprint density at radius 2 is 1.89 bits per heavy atom. The number of aliphatic hydroxyl groups excluding tert-OH is 1. The number of thioether (sulfide) groups is 1. The predicted molar refractivity (Wildman–Crippen MR) is 111 cm³/mol. The quantitative estimate of drug-likeness (QED) is 0.744. The molecule has 1 unspecified atom stereocenters. The number of halogens is 1. The summed E-state index contributed by atoms with van der Waals surface area (Å²) in [4.78, 5) is 17.1. The number of aryl methyl sites for hydroxylation is 3. The van der Waals surface area contributed by atoms with E-state index in [0.29, 0.717) is 22.2 Å². The van der Waals surface area contributed by atoms with Gasteiger partial charge in [-0.1, -0.05) is 29.5 Å². The zero-order chi connectivity index (χ0) is 20.3. The number of carbonyl (C=O) groups is 1. The molecule has 1 aliphatic heterocycles. The normalized spacial score (nSPS) is 18.7. The van der Waals surface area contributed by atoms with Crippen LogP contribution < -0.4 is 5.32 Å². The molecule has 0 spiro atoms. The maximum atomic E-state index is 13.0. The summed E-state index contributed by atoms with van der Waals surface area (Å²) in [6, 6.07) is 9.83. The van der Waals surface area contributed by atoms with Gasteiger partial charge in [0, 0.05) is 11.4 Å². The van der Waals surface area contributed by atoms with Crippen LogP contribution in [0.25, 0.3) is 0 Å². The molecule has 0 radical (unpaired) electrons. The Kier molecular flexibility index (Phi) is 6.05. The lowest BCUT2D eigenvalue weighted by atomic mass is 10.00. The number of amidine groups is 1. The molecule has 2 aromatic rings. The standard InChI is InChI=1S/C21H23FN2O3S/c1-13-8-14(2)18(15(3)9-13)19(26)27-11-21(10-25)12-28-20(24-21)23-17-6-4-16(22)5-7-17/h4-9,25H,10-12H2,1-3H3,(H,23,24). The molecule has 0 saturated carbocycles. The van der Waals surface area contributed by atoms with Crippen LogP contribution in [0.5, 0.6) is 0 Å². The average molecular weight is 402 g/mol. The maximum absolute atomic E-state index is 13.0. The first-order chi connectivity index (χ1) is 13.3. The topological polar surface area (TPSA) is 70.9 Å². The Balaban J connectivity index is 1.69. The SMILES string of the molecule is Cc1cc(C)c(C(=O)OCC2(CO)CSC(Nc3ccc(F)cc3)=N2)c(C)c1. The first-order valence-electron chi connectivity index (χ1n) is 8.93. The number of benzene rings is 2. The third-order valence-electron chi connectivity index (χ3n) is 4.56. The number of esters is 1. The molecule has 0 amide bonds. The molecule has 1 atom stereocenters. The van der Waals surface area contributed by atoms with Crippen molar-refractivity contribution in [3.63, 3.8) is 0 Å². The Morgan fingerprint density at radius 1 is 1.25 bits per heavy atom. The third-order valence-corrected chi connectivity index (χ3v) is 5.71. The number of carbonyl (C=O) groups excluding carboxylic acids is 1. The van der Waals surface area contributed by atoms with Crippen molar-refractivity contribution in [3.8, 4) is 0 Å². The van der Waals surface area contributed by atoms with Crippen LogP contribution in [0.15, 0.2) is 41.4 Å². The molecule has 0 bridgehead atoms. The van der Waals surface area contributed by atoms with Gasteiger partial charge in [0.1, 0.15) is 18.0 Å². The molecule has 5 nitrogen and oxygen atoms in total. The van der Waals surface area contributed by atoms with Gasteiger partial charge in [0.15, 0.2) is 5.17 Å². The van der Waals surface area contributed by atoms with E-state index in [1.165, 1.54) is 23.9 Å². The van der Waals surface area contributed by atoms with Gasteiger partial charge in [-0.25, -0.2) is 14.2 Å². The summed E-state index contributed by atoms with van der Waals surface area (Å²) in [5, 5.41) is 13.6. The molecule has 1 heterocycles. The lowest BCUT2D eigenvalue weighted by molar-refractivity contribution is 0.0369. The zero-order valence-electron chi connectivity index (χ0n) is 16.1. The summed E-state index contributed by atoms with van der Waals surface area (Å²) in [7, 11) is 0. The summed E-state index contributed by atoms with van der Waals surface area (Å²) < 4.78 is 18.6. The highest BCUT2D eigenvalue weighted by Gasteiger charge is 2.37. The Morgan fingerprint density at radius 3 is 2.50 bits per heavy atom. The molecular formula is C21H23FN2O3S. The van der Waals surface area contributed by atoms with Gasteiger partial charge in [0.05, 0.1) is 12.2 Å². The Bertz CT molecular complexity index is 891. The van der Waals surface area contributed by atoms with E-state index in [-0.39, 0.29) is 19.0 Å². The molecule has 0 aliphatic carbocycles. The van der Waals surface area contributed by atoms with E-state index in [2.05, 4.69) is 10.3 Å². The first kappa shape index (κ1) is 20.4. The minimum Gasteiger partial charge on any atom is -0.459 e. The molecule has 2 aromatic carbocycles. The van der Waals surface area contributed by atoms with Gasteiger partial charge in [-0.15, -0.1) is 0 Å². The van der Waals surface area contributed by atoms with E-state index in [4.69, 9.17) is 4.74 Å². The van der Waals surface area contributed by atoms with Crippen LogP contribution in [0.3, 0.4) is 0 Å². The van der Waals surface area contributed by atoms with Crippen molar-refractivity contribution in [2.45, 2.75) is 26.3 Å². The highest BCUT2D eigenvalue weighted by molar-refractivity contribution is 8.14. The minimum atomic E-state index is -0.894. The fourth-order valence-corrected chi connectivity index (χ4v) is 4.27. The third kappa shape index (κ3) is 4.54. The van der Waals surface area contributed by atoms with Crippen molar-refractivity contribution in [2.75, 3.05) is 24.3 Å². The molecule has 7 heteroatoms. The molecule has 2 N–H and O–H groups in total. The van der Waals surface area contributed by atoms with Gasteiger partial charge in [0.25, 0.3) is 0 Å². The summed E-state index contributed by atoms with van der Waals surface area (Å²) in [5.74, 6) is -0.251. The zero-order valence-corrected chi connectivity index (χ0v) is 16.9. The molecule has 148 valence electrons. The van der Waals surface area contributed by atoms with E-state index in [0.717, 1.165) is 16.7 Å². The number of aliphatic hydroxyl groups is 1. The first-order valence-corrected chi connectivity index (χ1v) is 9.91. The highest BCUT2D eigenvalue weighted by atomic mass is 32.2. The fourth-order valence-electron chi connectivity index (χ4n) is 3.18. The molecule has 0 saturated heterocycles. The second kappa shape index (κ2) is 8.32. The number of ether oxygens (including phenoxy) is 1. The number of nitrogens with one attached hydrogen (secondary N) is 1. The Hall–Kier alpha value is -2.38. The van der Waals surface area contributed by atoms with Gasteiger partial charge in [0.2, 0.25) is 0 Å². The fraction of sp³-hybridized carbons (Fsp3) is 0.333. The molecule has 1 aliphatic rings. The summed E-state index contributed by atoms with van der Waals surface area (Å²) >= 11 is 1.42. The second-order valence-corrected chi connectivity index (χ2v) is 8.03. The van der Waals surface area contributed by atoms with E-state index < -0.39 is 11.5 Å². The van der Waals surface area contributed by atoms with Crippen LogP contribution in [0.2, 0.25) is 0 Å². The molecule has 28 heavy (non-hydrogen) atoms. The van der Waals surface area contributed by atoms with Crippen molar-refractivity contribution in [1.29, 1.82) is 0 Å². The predicted octanol–water partition coefficient (Wildman–Crippen LogP) is 3.85. The van der Waals surface area contributed by atoms with Crippen molar-refractivity contribution in [1.82, 2.24) is 0 Å². The molecule has 0 fully saturated rings. The second-order valence-electron chi connectivity index (χ2n) is 7.07. The smallest absolute Gasteiger partial charge is 0.338 e. The molecular weight excluding hydrogens is 379 g/mol. The van der Waals surface area contributed by atoms with Crippen LogP contribution in [0, 0.1) is 26.6 Å². The lowest BCUT2D eigenvalue weighted by Gasteiger charge is -2.22. The van der Waals surface area contributed by atoms with Crippen LogP contribution >= 0.6 is 11.8 Å². The van der Waals surface area contributed by atoms with E-state index in [9.17, 15) is 14.3 Å². The summed E-state index contributed by atoms with van der Waals surface area (Å²) in [6.07, 6.45) is 0. The van der Waals surface area contributed by atoms with Crippen molar-refractivity contribution < 1.29 is 19.0 Å². The van der Waals surface area contributed by atoms with E-state index >= 15 is 0 Å². The van der Waals surface area contributed by atoms with Crippen LogP contribution in [0.1, 0.15) is 27.0 Å². The van der Waals surface area contributed by atoms with Gasteiger partial charge in [-0.05, 0) is 56.2 Å². The van der Waals surface area contributed by atoms with E-state index in [1.54, 1.807) is 12.1 Å². The van der Waals surface area contributed by atoms with Crippen LogP contribution in [0.4, 0.5) is 10.1 Å². The van der Waals surface area contributed by atoms with Gasteiger partial charge < -0.3 is 15.2 Å². The number of hydrogen-bond acceptors (Lipinski definition) is 6. The number of nitrogens with zero attached hydrogens (tertiary/aromatic N) is 1. The van der Waals surface area contributed by atoms with Gasteiger partial charge >= 0.3 is 5.97 Å². The van der Waals surface area contributed by atoms with E-state index in [1.807, 2.05) is 32.9 Å². The monoisotopic (exact) mass is 402 g/mol. The summed E-state index contributed by atoms with van der Waals surface area (Å²) in [5.41, 5.74) is 3.18. The number of anilines is 1. The number of hydrogen-bond donors (Lipinski definition) is 2. The minimum absolute atomic E-state index is 0.0172. The average Bonchev–Trinajstić information content (AvgIpc) is 3.05. The van der Waals surface area contributed by atoms with Crippen molar-refractivity contribution in [3.05, 3.63) is 64.5 Å². The van der Waals surface area contributed by atoms with Gasteiger partial charge in [-0.2, -0.15) is 0 Å². The van der Waals surface area contributed by atoms with Crippen LogP contribution in [-0.4, -0.2) is 40.7 Å². The van der Waals surface area contributed by atoms with Crippen molar-refractivity contribution in [2.24, 2.45) is 4.99 Å². The largest absolute Gasteiger partial charge is 0.459 e. The summed E-state index contributed by atoms with van der Waals surface area (Å²) in [6.45, 7) is 5.49. The number of rotatable bonds is 5. The van der Waals surface area contributed by atoms with Gasteiger partial charge in [-0.3, -0.25) is 0 Å². The molecule has 0 aromatic heterocycles. The Labute approximate surface area is 168 Å².